The summed E-state index contributed by atoms with van der Waals surface area (Å²) in [5.41, 5.74) is -1.87. The summed E-state index contributed by atoms with van der Waals surface area (Å²) >= 11 is 0. The third kappa shape index (κ3) is 9.39. The molecular formula is C36H59NO13. The lowest BCUT2D eigenvalue weighted by molar-refractivity contribution is -0.312. The second-order valence-corrected chi connectivity index (χ2v) is 14.8. The summed E-state index contributed by atoms with van der Waals surface area (Å²) in [6.45, 7) is 10.5. The number of ether oxygens (including phenoxy) is 8. The molecule has 0 aromatic carbocycles. The summed E-state index contributed by atoms with van der Waals surface area (Å²) in [5, 5.41) is 33.8. The molecule has 14 nitrogen and oxygen atoms in total. The number of aliphatic hydroxyl groups is 3. The standard InChI is InChI=1S/C36H59NO13/c1-18-11-14-27(39)48-23(6)36(42,17-45-35-32(44-10)31(43-9)28(40)22(5)47-35)33-26(49-33)13-12-25(38)19(2)15-20(3)30(18)50-34-29(41)24(37(7)8)16-21(4)46-34/h11-14,18-24,26,28-35,40-42H,15-17H2,1-10H3/b13-12-,14-11-/t18-,19+,20-,21+,22-,23+,24-,26-,28+,29-,30-,31+,32+,33+,34+,35-,36+/m0/s1. The summed E-state index contributed by atoms with van der Waals surface area (Å²) in [6.07, 6.45) is -2.27. The number of ketones is 1. The van der Waals surface area contributed by atoms with Gasteiger partial charge in [-0.05, 0) is 65.8 Å². The predicted octanol–water partition coefficient (Wildman–Crippen LogP) is 1.37. The Bertz CT molecular complexity index is 1200. The maximum atomic E-state index is 13.3. The lowest BCUT2D eigenvalue weighted by atomic mass is 9.84. The van der Waals surface area contributed by atoms with Gasteiger partial charge in [-0.3, -0.25) is 4.79 Å². The number of epoxide rings is 1. The van der Waals surface area contributed by atoms with E-state index in [1.807, 2.05) is 46.7 Å². The van der Waals surface area contributed by atoms with Crippen molar-refractivity contribution in [2.75, 3.05) is 34.9 Å². The van der Waals surface area contributed by atoms with E-state index in [1.165, 1.54) is 33.3 Å². The van der Waals surface area contributed by atoms with Gasteiger partial charge in [0.1, 0.15) is 42.7 Å². The highest BCUT2D eigenvalue weighted by atomic mass is 16.7. The van der Waals surface area contributed by atoms with Gasteiger partial charge in [0.05, 0.1) is 24.9 Å². The first-order valence-corrected chi connectivity index (χ1v) is 17.7. The summed E-state index contributed by atoms with van der Waals surface area (Å²) in [4.78, 5) is 28.5. The maximum Gasteiger partial charge on any atom is 0.330 e. The zero-order valence-corrected chi connectivity index (χ0v) is 31.0. The van der Waals surface area contributed by atoms with Crippen LogP contribution in [-0.2, 0) is 47.5 Å². The number of rotatable bonds is 8. The van der Waals surface area contributed by atoms with Crippen molar-refractivity contribution in [2.24, 2.45) is 17.8 Å². The number of methoxy groups -OCH3 is 2. The van der Waals surface area contributed by atoms with Crippen LogP contribution in [0.3, 0.4) is 0 Å². The van der Waals surface area contributed by atoms with Crippen LogP contribution in [0.5, 0.6) is 0 Å². The van der Waals surface area contributed by atoms with Crippen LogP contribution in [0.25, 0.3) is 0 Å². The average Bonchev–Trinajstić information content (AvgIpc) is 3.86. The fourth-order valence-electron chi connectivity index (χ4n) is 7.36. The minimum atomic E-state index is -1.87. The number of allylic oxidation sites excluding steroid dienone is 1. The van der Waals surface area contributed by atoms with Crippen LogP contribution >= 0.6 is 0 Å². The molecule has 4 rings (SSSR count). The second kappa shape index (κ2) is 17.3. The van der Waals surface area contributed by atoms with Gasteiger partial charge in [-0.15, -0.1) is 0 Å². The zero-order valence-electron chi connectivity index (χ0n) is 31.0. The van der Waals surface area contributed by atoms with E-state index in [4.69, 9.17) is 37.9 Å². The van der Waals surface area contributed by atoms with E-state index in [0.717, 1.165) is 0 Å². The molecule has 4 aliphatic rings. The van der Waals surface area contributed by atoms with Crippen LogP contribution in [0.4, 0.5) is 0 Å². The number of cyclic esters (lactones) is 1. The Morgan fingerprint density at radius 2 is 1.54 bits per heavy atom. The van der Waals surface area contributed by atoms with E-state index in [2.05, 4.69) is 0 Å². The van der Waals surface area contributed by atoms with Gasteiger partial charge in [0.15, 0.2) is 24.0 Å². The molecule has 0 aromatic rings. The van der Waals surface area contributed by atoms with Gasteiger partial charge in [-0.2, -0.15) is 0 Å². The molecule has 3 N–H and O–H groups in total. The largest absolute Gasteiger partial charge is 0.456 e. The van der Waals surface area contributed by atoms with Crippen molar-refractivity contribution >= 4 is 11.8 Å². The molecule has 286 valence electrons. The molecule has 0 spiro atoms. The monoisotopic (exact) mass is 713 g/mol. The van der Waals surface area contributed by atoms with Gasteiger partial charge in [-0.1, -0.05) is 26.8 Å². The smallest absolute Gasteiger partial charge is 0.330 e. The zero-order chi connectivity index (χ0) is 37.1. The topological polar surface area (TPSA) is 175 Å². The molecular weight excluding hydrogens is 654 g/mol. The van der Waals surface area contributed by atoms with Crippen LogP contribution in [-0.4, -0.2) is 152 Å². The molecule has 4 heterocycles. The van der Waals surface area contributed by atoms with E-state index >= 15 is 0 Å². The van der Waals surface area contributed by atoms with Crippen LogP contribution in [0, 0.1) is 17.8 Å². The Hall–Kier alpha value is -1.82. The number of fused-ring (bicyclic) bond motifs is 1. The van der Waals surface area contributed by atoms with Crippen molar-refractivity contribution in [3.05, 3.63) is 24.3 Å². The number of carbonyl (C=O) groups is 2. The quantitative estimate of drug-likeness (QED) is 0.243. The number of nitrogens with zero attached hydrogens (tertiary/aromatic N) is 1. The van der Waals surface area contributed by atoms with E-state index in [9.17, 15) is 24.9 Å². The highest BCUT2D eigenvalue weighted by Gasteiger charge is 2.58. The molecule has 14 heteroatoms. The Morgan fingerprint density at radius 3 is 2.18 bits per heavy atom. The van der Waals surface area contributed by atoms with E-state index < -0.39 is 85.7 Å². The van der Waals surface area contributed by atoms with Gasteiger partial charge in [0, 0.05) is 38.2 Å². The predicted molar refractivity (Wildman–Crippen MR) is 180 cm³/mol. The fraction of sp³-hybridized carbons (Fsp3) is 0.833. The normalized spacial score (nSPS) is 47.7. The molecule has 0 unspecified atom stereocenters. The fourth-order valence-corrected chi connectivity index (χ4v) is 7.36. The summed E-state index contributed by atoms with van der Waals surface area (Å²) in [7, 11) is 6.69. The van der Waals surface area contributed by atoms with Crippen molar-refractivity contribution in [3.8, 4) is 0 Å². The van der Waals surface area contributed by atoms with E-state index in [-0.39, 0.29) is 35.7 Å². The number of hydrogen-bond donors (Lipinski definition) is 3. The second-order valence-electron chi connectivity index (χ2n) is 14.8. The first kappa shape index (κ1) is 40.9. The van der Waals surface area contributed by atoms with Gasteiger partial charge >= 0.3 is 5.97 Å². The van der Waals surface area contributed by atoms with Crippen molar-refractivity contribution in [2.45, 2.75) is 140 Å². The molecule has 0 amide bonds. The summed E-state index contributed by atoms with van der Waals surface area (Å²) < 4.78 is 47.0. The molecule has 0 aliphatic carbocycles. The molecule has 3 fully saturated rings. The lowest BCUT2D eigenvalue weighted by Crippen LogP contribution is -2.60. The van der Waals surface area contributed by atoms with Crippen molar-refractivity contribution < 1.29 is 62.8 Å². The number of aliphatic hydroxyl groups excluding tert-OH is 2. The SMILES string of the molecule is CO[C@@H]1[C@H](O)[C@H](C)O[C@H](OC[C@]2(O)[C@@H]3O[C@H]3/C=C\C(=O)[C@H](C)C[C@H](C)[C@@H](O[C@H]3O[C@H](C)C[C@H](N(C)C)[C@@H]3O)[C@@H](C)/C=C\C(=O)O[C@@H]2C)[C@@H]1OC. The molecule has 0 bridgehead atoms. The van der Waals surface area contributed by atoms with Crippen LogP contribution < -0.4 is 0 Å². The summed E-state index contributed by atoms with van der Waals surface area (Å²) in [6, 6.07) is -0.171. The Labute approximate surface area is 295 Å². The molecule has 4 aliphatic heterocycles. The molecule has 0 aromatic heterocycles. The first-order valence-electron chi connectivity index (χ1n) is 17.7. The van der Waals surface area contributed by atoms with E-state index in [0.29, 0.717) is 12.8 Å². The maximum absolute atomic E-state index is 13.3. The molecule has 3 saturated heterocycles. The highest BCUT2D eigenvalue weighted by molar-refractivity contribution is 5.91. The lowest BCUT2D eigenvalue weighted by Gasteiger charge is -2.43. The third-order valence-corrected chi connectivity index (χ3v) is 10.6. The number of likely N-dealkylation sites (N-methyl/N-ethyl adjacent to an activating group) is 1. The Balaban J connectivity index is 1.57. The first-order chi connectivity index (χ1) is 23.5. The summed E-state index contributed by atoms with van der Waals surface area (Å²) in [5.74, 6) is -1.73. The van der Waals surface area contributed by atoms with Crippen LogP contribution in [0.15, 0.2) is 24.3 Å². The van der Waals surface area contributed by atoms with Gasteiger partial charge in [0.2, 0.25) is 0 Å². The number of esters is 1. The van der Waals surface area contributed by atoms with Gasteiger partial charge in [0.25, 0.3) is 0 Å². The van der Waals surface area contributed by atoms with Gasteiger partial charge < -0.3 is 58.1 Å². The molecule has 0 radical (unpaired) electrons. The average molecular weight is 714 g/mol. The van der Waals surface area contributed by atoms with Crippen molar-refractivity contribution in [1.82, 2.24) is 4.90 Å². The van der Waals surface area contributed by atoms with Crippen LogP contribution in [0.2, 0.25) is 0 Å². The molecule has 0 saturated carbocycles. The number of carbonyl (C=O) groups excluding carboxylic acids is 2. The minimum Gasteiger partial charge on any atom is -0.456 e. The van der Waals surface area contributed by atoms with Crippen molar-refractivity contribution in [1.29, 1.82) is 0 Å². The third-order valence-electron chi connectivity index (χ3n) is 10.6. The number of hydrogen-bond acceptors (Lipinski definition) is 14. The Morgan fingerprint density at radius 1 is 0.860 bits per heavy atom. The minimum absolute atomic E-state index is 0.119. The Kier molecular flexibility index (Phi) is 14.2. The molecule has 50 heavy (non-hydrogen) atoms. The highest BCUT2D eigenvalue weighted by Crippen LogP contribution is 2.39. The van der Waals surface area contributed by atoms with Crippen LogP contribution in [0.1, 0.15) is 54.4 Å². The van der Waals surface area contributed by atoms with Gasteiger partial charge in [-0.25, -0.2) is 4.79 Å². The van der Waals surface area contributed by atoms with E-state index in [1.54, 1.807) is 19.1 Å². The molecule has 17 atom stereocenters. The van der Waals surface area contributed by atoms with Crippen molar-refractivity contribution in [3.63, 3.8) is 0 Å².